The molecule has 0 bridgehead atoms. The summed E-state index contributed by atoms with van der Waals surface area (Å²) >= 11 is 5.53. The molecule has 2 aromatic rings. The standard InChI is InChI=1S/C12H13ClF2N4O/c1-20-3-2-19-11(6-16)17-18-12(19)7-4-10(15)8(13)5-9(7)14/h4-5H,2-3,6,16H2,1H3. The SMILES string of the molecule is COCCn1c(CN)nnc1-c1cc(F)c(Cl)cc1F. The smallest absolute Gasteiger partial charge is 0.167 e. The maximum absolute atomic E-state index is 13.9. The zero-order chi connectivity index (χ0) is 14.7. The molecule has 20 heavy (non-hydrogen) atoms. The van der Waals surface area contributed by atoms with E-state index in [1.807, 2.05) is 0 Å². The lowest BCUT2D eigenvalue weighted by Crippen LogP contribution is -2.13. The fourth-order valence-corrected chi connectivity index (χ4v) is 1.95. The van der Waals surface area contributed by atoms with Gasteiger partial charge in [-0.3, -0.25) is 0 Å². The zero-order valence-corrected chi connectivity index (χ0v) is 11.5. The average Bonchev–Trinajstić information content (AvgIpc) is 2.83. The molecule has 1 heterocycles. The van der Waals surface area contributed by atoms with Crippen LogP contribution in [0, 0.1) is 11.6 Å². The molecule has 1 aromatic heterocycles. The highest BCUT2D eigenvalue weighted by Gasteiger charge is 2.18. The van der Waals surface area contributed by atoms with Crippen molar-refractivity contribution in [3.05, 3.63) is 34.6 Å². The van der Waals surface area contributed by atoms with Crippen molar-refractivity contribution in [3.63, 3.8) is 0 Å². The zero-order valence-electron chi connectivity index (χ0n) is 10.7. The minimum atomic E-state index is -0.723. The minimum absolute atomic E-state index is 0.0183. The van der Waals surface area contributed by atoms with Crippen LogP contribution in [0.15, 0.2) is 12.1 Å². The number of benzene rings is 1. The van der Waals surface area contributed by atoms with E-state index in [0.717, 1.165) is 12.1 Å². The summed E-state index contributed by atoms with van der Waals surface area (Å²) < 4.78 is 34.0. The molecule has 0 fully saturated rings. The molecule has 0 radical (unpaired) electrons. The monoisotopic (exact) mass is 302 g/mol. The Hall–Kier alpha value is -1.57. The number of nitrogens with two attached hydrogens (primary N) is 1. The van der Waals surface area contributed by atoms with Crippen molar-refractivity contribution >= 4 is 11.6 Å². The van der Waals surface area contributed by atoms with E-state index >= 15 is 0 Å². The van der Waals surface area contributed by atoms with E-state index in [9.17, 15) is 8.78 Å². The molecule has 2 rings (SSSR count). The maximum atomic E-state index is 13.9. The molecule has 108 valence electrons. The van der Waals surface area contributed by atoms with E-state index < -0.39 is 11.6 Å². The molecule has 2 N–H and O–H groups in total. The summed E-state index contributed by atoms with van der Waals surface area (Å²) in [6.07, 6.45) is 0. The number of hydrogen-bond donors (Lipinski definition) is 1. The van der Waals surface area contributed by atoms with Crippen molar-refractivity contribution in [2.45, 2.75) is 13.1 Å². The van der Waals surface area contributed by atoms with E-state index in [2.05, 4.69) is 10.2 Å². The van der Waals surface area contributed by atoms with E-state index in [4.69, 9.17) is 22.1 Å². The van der Waals surface area contributed by atoms with Gasteiger partial charge in [-0.05, 0) is 12.1 Å². The number of nitrogens with zero attached hydrogens (tertiary/aromatic N) is 3. The van der Waals surface area contributed by atoms with Crippen LogP contribution in [0.2, 0.25) is 5.02 Å². The van der Waals surface area contributed by atoms with Gasteiger partial charge in [-0.15, -0.1) is 10.2 Å². The van der Waals surface area contributed by atoms with Gasteiger partial charge in [-0.1, -0.05) is 11.6 Å². The van der Waals surface area contributed by atoms with Crippen LogP contribution >= 0.6 is 11.6 Å². The molecule has 0 amide bonds. The molecule has 8 heteroatoms. The van der Waals surface area contributed by atoms with Gasteiger partial charge in [0.2, 0.25) is 0 Å². The summed E-state index contributed by atoms with van der Waals surface area (Å²) in [7, 11) is 1.54. The van der Waals surface area contributed by atoms with Crippen molar-refractivity contribution in [2.24, 2.45) is 5.73 Å². The van der Waals surface area contributed by atoms with Gasteiger partial charge in [0.25, 0.3) is 0 Å². The van der Waals surface area contributed by atoms with Gasteiger partial charge < -0.3 is 15.0 Å². The van der Waals surface area contributed by atoms with Crippen LogP contribution in [0.5, 0.6) is 0 Å². The Morgan fingerprint density at radius 2 is 2.05 bits per heavy atom. The second kappa shape index (κ2) is 6.25. The van der Waals surface area contributed by atoms with E-state index in [-0.39, 0.29) is 23.0 Å². The molecule has 5 nitrogen and oxygen atoms in total. The molecule has 1 aromatic carbocycles. The quantitative estimate of drug-likeness (QED) is 0.858. The van der Waals surface area contributed by atoms with E-state index in [1.165, 1.54) is 7.11 Å². The number of ether oxygens (including phenoxy) is 1. The Bertz CT molecular complexity index is 618. The summed E-state index contributed by atoms with van der Waals surface area (Å²) in [6, 6.07) is 1.90. The highest BCUT2D eigenvalue weighted by atomic mass is 35.5. The Morgan fingerprint density at radius 3 is 2.70 bits per heavy atom. The number of methoxy groups -OCH3 is 1. The molecule has 0 saturated carbocycles. The first-order valence-corrected chi connectivity index (χ1v) is 6.22. The van der Waals surface area contributed by atoms with E-state index in [1.54, 1.807) is 4.57 Å². The molecule has 0 aliphatic rings. The van der Waals surface area contributed by atoms with Crippen molar-refractivity contribution < 1.29 is 13.5 Å². The number of rotatable bonds is 5. The number of aromatic nitrogens is 3. The largest absolute Gasteiger partial charge is 0.383 e. The fraction of sp³-hybridized carbons (Fsp3) is 0.333. The number of halogens is 3. The van der Waals surface area contributed by atoms with Crippen molar-refractivity contribution in [3.8, 4) is 11.4 Å². The predicted molar refractivity (Wildman–Crippen MR) is 70.2 cm³/mol. The van der Waals surface area contributed by atoms with Crippen LogP contribution in [-0.2, 0) is 17.8 Å². The molecule has 0 spiro atoms. The molecule has 0 aliphatic carbocycles. The summed E-state index contributed by atoms with van der Waals surface area (Å²) in [5.41, 5.74) is 5.53. The topological polar surface area (TPSA) is 66.0 Å². The Balaban J connectivity index is 2.52. The Labute approximate surface area is 119 Å². The van der Waals surface area contributed by atoms with Crippen LogP contribution in [0.1, 0.15) is 5.82 Å². The fourth-order valence-electron chi connectivity index (χ4n) is 1.80. The first-order valence-electron chi connectivity index (χ1n) is 5.84. The van der Waals surface area contributed by atoms with Crippen LogP contribution in [0.4, 0.5) is 8.78 Å². The van der Waals surface area contributed by atoms with Crippen LogP contribution < -0.4 is 5.73 Å². The molecular weight excluding hydrogens is 290 g/mol. The first kappa shape index (κ1) is 14.8. The maximum Gasteiger partial charge on any atom is 0.167 e. The average molecular weight is 303 g/mol. The molecule has 0 saturated heterocycles. The van der Waals surface area contributed by atoms with Gasteiger partial charge in [-0.25, -0.2) is 8.78 Å². The summed E-state index contributed by atoms with van der Waals surface area (Å²) in [5.74, 6) is -0.743. The number of hydrogen-bond acceptors (Lipinski definition) is 4. The van der Waals surface area contributed by atoms with Gasteiger partial charge in [0, 0.05) is 13.7 Å². The third kappa shape index (κ3) is 2.79. The van der Waals surface area contributed by atoms with E-state index in [0.29, 0.717) is 19.0 Å². The van der Waals surface area contributed by atoms with Crippen molar-refractivity contribution in [2.75, 3.05) is 13.7 Å². The van der Waals surface area contributed by atoms with Crippen LogP contribution in [-0.4, -0.2) is 28.5 Å². The molecule has 0 unspecified atom stereocenters. The molecule has 0 aliphatic heterocycles. The van der Waals surface area contributed by atoms with Crippen LogP contribution in [0.25, 0.3) is 11.4 Å². The lowest BCUT2D eigenvalue weighted by molar-refractivity contribution is 0.186. The first-order chi connectivity index (χ1) is 9.58. The normalized spacial score (nSPS) is 11.1. The van der Waals surface area contributed by atoms with Gasteiger partial charge in [0.1, 0.15) is 17.5 Å². The molecular formula is C12H13ClF2N4O. The summed E-state index contributed by atoms with van der Waals surface area (Å²) in [5, 5.41) is 7.45. The third-order valence-electron chi connectivity index (χ3n) is 2.78. The highest BCUT2D eigenvalue weighted by Crippen LogP contribution is 2.27. The Kier molecular flexibility index (Phi) is 4.64. The Morgan fingerprint density at radius 1 is 1.30 bits per heavy atom. The van der Waals surface area contributed by atoms with Crippen molar-refractivity contribution in [1.29, 1.82) is 0 Å². The predicted octanol–water partition coefficient (Wildman–Crippen LogP) is 1.98. The van der Waals surface area contributed by atoms with Gasteiger partial charge in [0.05, 0.1) is 23.7 Å². The van der Waals surface area contributed by atoms with Gasteiger partial charge in [-0.2, -0.15) is 0 Å². The van der Waals surface area contributed by atoms with Crippen molar-refractivity contribution in [1.82, 2.24) is 14.8 Å². The minimum Gasteiger partial charge on any atom is -0.383 e. The lowest BCUT2D eigenvalue weighted by Gasteiger charge is -2.10. The third-order valence-corrected chi connectivity index (χ3v) is 3.07. The second-order valence-electron chi connectivity index (χ2n) is 4.03. The van der Waals surface area contributed by atoms with Gasteiger partial charge >= 0.3 is 0 Å². The molecule has 0 atom stereocenters. The van der Waals surface area contributed by atoms with Crippen LogP contribution in [0.3, 0.4) is 0 Å². The highest BCUT2D eigenvalue weighted by molar-refractivity contribution is 6.30. The van der Waals surface area contributed by atoms with Gasteiger partial charge in [0.15, 0.2) is 5.82 Å². The summed E-state index contributed by atoms with van der Waals surface area (Å²) in [6.45, 7) is 0.888. The summed E-state index contributed by atoms with van der Waals surface area (Å²) in [4.78, 5) is 0. The lowest BCUT2D eigenvalue weighted by atomic mass is 10.2. The second-order valence-corrected chi connectivity index (χ2v) is 4.44.